The van der Waals surface area contributed by atoms with Crippen molar-refractivity contribution < 1.29 is 14.3 Å². The molecule has 3 aromatic carbocycles. The Balaban J connectivity index is 1.68. The number of amides is 1. The first-order chi connectivity index (χ1) is 15.5. The maximum Gasteiger partial charge on any atom is 0.259 e. The second-order valence-corrected chi connectivity index (χ2v) is 7.39. The van der Waals surface area contributed by atoms with Crippen molar-refractivity contribution in [2.45, 2.75) is 13.5 Å². The largest absolute Gasteiger partial charge is 0.497 e. The van der Waals surface area contributed by atoms with Crippen LogP contribution in [0.4, 0.5) is 5.69 Å². The standard InChI is InChI=1S/C26H23N3O3/c1-18(30)21-9-6-10-22(15-21)27-26(31)24-17-29(16-19-7-4-3-5-8-19)28-25(24)20-11-13-23(32-2)14-12-20/h3-15,17H,16H2,1-2H3,(H,27,31). The molecule has 1 aromatic heterocycles. The van der Waals surface area contributed by atoms with Crippen LogP contribution in [0.3, 0.4) is 0 Å². The van der Waals surface area contributed by atoms with E-state index in [0.29, 0.717) is 29.1 Å². The van der Waals surface area contributed by atoms with Crippen LogP contribution in [0.1, 0.15) is 33.2 Å². The molecule has 0 radical (unpaired) electrons. The minimum Gasteiger partial charge on any atom is -0.497 e. The number of anilines is 1. The Morgan fingerprint density at radius 3 is 2.41 bits per heavy atom. The van der Waals surface area contributed by atoms with Crippen molar-refractivity contribution in [2.24, 2.45) is 0 Å². The number of rotatable bonds is 7. The summed E-state index contributed by atoms with van der Waals surface area (Å²) < 4.78 is 7.00. The van der Waals surface area contributed by atoms with Crippen molar-refractivity contribution >= 4 is 17.4 Å². The van der Waals surface area contributed by atoms with Gasteiger partial charge >= 0.3 is 0 Å². The van der Waals surface area contributed by atoms with E-state index in [1.165, 1.54) is 6.92 Å². The van der Waals surface area contributed by atoms with Crippen LogP contribution in [0.5, 0.6) is 5.75 Å². The molecule has 0 aliphatic rings. The number of ether oxygens (including phenoxy) is 1. The Bertz CT molecular complexity index is 1250. The van der Waals surface area contributed by atoms with Gasteiger partial charge in [-0.15, -0.1) is 0 Å². The third-order valence-corrected chi connectivity index (χ3v) is 5.08. The van der Waals surface area contributed by atoms with Crippen molar-refractivity contribution in [2.75, 3.05) is 12.4 Å². The lowest BCUT2D eigenvalue weighted by Gasteiger charge is -2.07. The Labute approximate surface area is 186 Å². The van der Waals surface area contributed by atoms with Crippen LogP contribution in [0.2, 0.25) is 0 Å². The zero-order chi connectivity index (χ0) is 22.5. The monoisotopic (exact) mass is 425 g/mol. The molecule has 4 aromatic rings. The molecule has 0 atom stereocenters. The summed E-state index contributed by atoms with van der Waals surface area (Å²) in [4.78, 5) is 24.9. The van der Waals surface area contributed by atoms with E-state index < -0.39 is 0 Å². The number of benzene rings is 3. The number of carbonyl (C=O) groups is 2. The van der Waals surface area contributed by atoms with Crippen LogP contribution < -0.4 is 10.1 Å². The number of aromatic nitrogens is 2. The van der Waals surface area contributed by atoms with Gasteiger partial charge in [0.25, 0.3) is 5.91 Å². The van der Waals surface area contributed by atoms with E-state index in [1.807, 2.05) is 54.6 Å². The van der Waals surface area contributed by atoms with Gasteiger partial charge in [0.2, 0.25) is 0 Å². The van der Waals surface area contributed by atoms with Gasteiger partial charge in [-0.1, -0.05) is 42.5 Å². The maximum absolute atomic E-state index is 13.2. The number of hydrogen-bond acceptors (Lipinski definition) is 4. The first-order valence-electron chi connectivity index (χ1n) is 10.2. The predicted octanol–water partition coefficient (Wildman–Crippen LogP) is 5.06. The molecule has 1 heterocycles. The van der Waals surface area contributed by atoms with Gasteiger partial charge in [-0.25, -0.2) is 0 Å². The summed E-state index contributed by atoms with van der Waals surface area (Å²) in [7, 11) is 1.61. The summed E-state index contributed by atoms with van der Waals surface area (Å²) in [5.41, 5.74) is 4.00. The van der Waals surface area contributed by atoms with Gasteiger partial charge in [0, 0.05) is 23.0 Å². The molecule has 1 N–H and O–H groups in total. The van der Waals surface area contributed by atoms with E-state index >= 15 is 0 Å². The fourth-order valence-electron chi connectivity index (χ4n) is 3.42. The topological polar surface area (TPSA) is 73.2 Å². The van der Waals surface area contributed by atoms with Gasteiger partial charge in [0.15, 0.2) is 5.78 Å². The lowest BCUT2D eigenvalue weighted by molar-refractivity contribution is 0.101. The highest BCUT2D eigenvalue weighted by Gasteiger charge is 2.19. The first kappa shape index (κ1) is 21.1. The van der Waals surface area contributed by atoms with Crippen LogP contribution in [-0.2, 0) is 6.54 Å². The number of nitrogens with zero attached hydrogens (tertiary/aromatic N) is 2. The number of hydrogen-bond donors (Lipinski definition) is 1. The molecule has 32 heavy (non-hydrogen) atoms. The molecule has 0 unspecified atom stereocenters. The molecule has 0 bridgehead atoms. The van der Waals surface area contributed by atoms with Gasteiger partial charge in [0.1, 0.15) is 11.4 Å². The number of nitrogens with one attached hydrogen (secondary N) is 1. The second kappa shape index (κ2) is 9.31. The number of Topliss-reactive ketones (excluding diaryl/α,β-unsaturated/α-hetero) is 1. The van der Waals surface area contributed by atoms with Crippen LogP contribution in [0.25, 0.3) is 11.3 Å². The van der Waals surface area contributed by atoms with Crippen molar-refractivity contribution in [1.29, 1.82) is 0 Å². The molecule has 6 heteroatoms. The SMILES string of the molecule is COc1ccc(-c2nn(Cc3ccccc3)cc2C(=O)Nc2cccc(C(C)=O)c2)cc1. The lowest BCUT2D eigenvalue weighted by Crippen LogP contribution is -2.12. The molecule has 0 saturated heterocycles. The van der Waals surface area contributed by atoms with E-state index in [1.54, 1.807) is 42.3 Å². The smallest absolute Gasteiger partial charge is 0.259 e. The number of carbonyl (C=O) groups excluding carboxylic acids is 2. The van der Waals surface area contributed by atoms with Crippen molar-refractivity contribution in [3.05, 3.63) is 102 Å². The summed E-state index contributed by atoms with van der Waals surface area (Å²) in [5, 5.41) is 7.59. The Morgan fingerprint density at radius 2 is 1.72 bits per heavy atom. The van der Waals surface area contributed by atoms with E-state index in [-0.39, 0.29) is 11.7 Å². The van der Waals surface area contributed by atoms with Crippen LogP contribution >= 0.6 is 0 Å². The highest BCUT2D eigenvalue weighted by molar-refractivity contribution is 6.08. The molecule has 1 amide bonds. The van der Waals surface area contributed by atoms with Gasteiger partial charge in [0.05, 0.1) is 19.2 Å². The zero-order valence-corrected chi connectivity index (χ0v) is 17.9. The number of ketones is 1. The molecular weight excluding hydrogens is 402 g/mol. The Hall–Kier alpha value is -4.19. The maximum atomic E-state index is 13.2. The fourth-order valence-corrected chi connectivity index (χ4v) is 3.42. The average molecular weight is 425 g/mol. The van der Waals surface area contributed by atoms with Crippen LogP contribution in [0.15, 0.2) is 85.1 Å². The van der Waals surface area contributed by atoms with Gasteiger partial charge < -0.3 is 10.1 Å². The summed E-state index contributed by atoms with van der Waals surface area (Å²) in [6.45, 7) is 2.04. The van der Waals surface area contributed by atoms with E-state index in [9.17, 15) is 9.59 Å². The van der Waals surface area contributed by atoms with Crippen molar-refractivity contribution in [3.8, 4) is 17.0 Å². The normalized spacial score (nSPS) is 10.6. The average Bonchev–Trinajstić information content (AvgIpc) is 3.24. The molecule has 160 valence electrons. The summed E-state index contributed by atoms with van der Waals surface area (Å²) in [5.74, 6) is 0.371. The molecule has 0 fully saturated rings. The summed E-state index contributed by atoms with van der Waals surface area (Å²) >= 11 is 0. The summed E-state index contributed by atoms with van der Waals surface area (Å²) in [6.07, 6.45) is 1.75. The summed E-state index contributed by atoms with van der Waals surface area (Å²) in [6, 6.07) is 24.3. The number of methoxy groups -OCH3 is 1. The van der Waals surface area contributed by atoms with Crippen molar-refractivity contribution in [3.63, 3.8) is 0 Å². The van der Waals surface area contributed by atoms with E-state index in [2.05, 4.69) is 5.32 Å². The molecule has 0 aliphatic heterocycles. The zero-order valence-electron chi connectivity index (χ0n) is 17.9. The van der Waals surface area contributed by atoms with Crippen LogP contribution in [0, 0.1) is 0 Å². The minimum atomic E-state index is -0.296. The van der Waals surface area contributed by atoms with E-state index in [0.717, 1.165) is 16.9 Å². The molecule has 0 aliphatic carbocycles. The Morgan fingerprint density at radius 1 is 0.969 bits per heavy atom. The molecule has 4 rings (SSSR count). The van der Waals surface area contributed by atoms with Gasteiger partial charge in [-0.3, -0.25) is 14.3 Å². The van der Waals surface area contributed by atoms with Crippen LogP contribution in [-0.4, -0.2) is 28.6 Å². The fraction of sp³-hybridized carbons (Fsp3) is 0.115. The highest BCUT2D eigenvalue weighted by Crippen LogP contribution is 2.26. The predicted molar refractivity (Wildman–Crippen MR) is 124 cm³/mol. The third-order valence-electron chi connectivity index (χ3n) is 5.08. The van der Waals surface area contributed by atoms with Gasteiger partial charge in [-0.2, -0.15) is 5.10 Å². The highest BCUT2D eigenvalue weighted by atomic mass is 16.5. The molecule has 0 saturated carbocycles. The quantitative estimate of drug-likeness (QED) is 0.420. The molecule has 0 spiro atoms. The second-order valence-electron chi connectivity index (χ2n) is 7.39. The van der Waals surface area contributed by atoms with E-state index in [4.69, 9.17) is 9.84 Å². The minimum absolute atomic E-state index is 0.0595. The van der Waals surface area contributed by atoms with Crippen molar-refractivity contribution in [1.82, 2.24) is 9.78 Å². The lowest BCUT2D eigenvalue weighted by atomic mass is 10.1. The molecule has 6 nitrogen and oxygen atoms in total. The molecular formula is C26H23N3O3. The third kappa shape index (κ3) is 4.75. The van der Waals surface area contributed by atoms with Gasteiger partial charge in [-0.05, 0) is 48.9 Å². The Kier molecular flexibility index (Phi) is 6.12. The first-order valence-corrected chi connectivity index (χ1v) is 10.2.